The van der Waals surface area contributed by atoms with Crippen molar-refractivity contribution in [1.29, 1.82) is 0 Å². The van der Waals surface area contributed by atoms with E-state index in [-0.39, 0.29) is 9.58 Å². The summed E-state index contributed by atoms with van der Waals surface area (Å²) in [6, 6.07) is 1.87. The van der Waals surface area contributed by atoms with E-state index in [1.165, 1.54) is 0 Å². The van der Waals surface area contributed by atoms with E-state index in [1.807, 2.05) is 0 Å². The minimum atomic E-state index is -4.35. The summed E-state index contributed by atoms with van der Waals surface area (Å²) in [7, 11) is 0. The maximum atomic E-state index is 12.3. The third kappa shape index (κ3) is 3.00. The molecule has 1 aromatic heterocycles. The van der Waals surface area contributed by atoms with E-state index in [0.29, 0.717) is 6.61 Å². The summed E-state index contributed by atoms with van der Waals surface area (Å²) >= 11 is 1.72. The molecular formula is C8H7F3INO. The van der Waals surface area contributed by atoms with Gasteiger partial charge in [0.1, 0.15) is 3.70 Å². The molecule has 0 unspecified atom stereocenters. The molecule has 0 atom stereocenters. The zero-order chi connectivity index (χ0) is 10.8. The SMILES string of the molecule is CCOc1cc(C(F)(F)F)cc(I)n1. The van der Waals surface area contributed by atoms with Gasteiger partial charge in [0, 0.05) is 6.07 Å². The molecule has 0 saturated carbocycles. The Kier molecular flexibility index (Phi) is 3.57. The molecule has 2 nitrogen and oxygen atoms in total. The van der Waals surface area contributed by atoms with Gasteiger partial charge >= 0.3 is 6.18 Å². The van der Waals surface area contributed by atoms with Crippen LogP contribution in [0.3, 0.4) is 0 Å². The Labute approximate surface area is 92.6 Å². The highest BCUT2D eigenvalue weighted by Crippen LogP contribution is 2.31. The molecule has 1 heterocycles. The first-order valence-electron chi connectivity index (χ1n) is 3.81. The second-order valence-corrected chi connectivity index (χ2v) is 3.55. The maximum Gasteiger partial charge on any atom is 0.416 e. The number of ether oxygens (including phenoxy) is 1. The predicted molar refractivity (Wildman–Crippen MR) is 53.1 cm³/mol. The summed E-state index contributed by atoms with van der Waals surface area (Å²) in [5, 5.41) is 0. The highest BCUT2D eigenvalue weighted by molar-refractivity contribution is 14.1. The lowest BCUT2D eigenvalue weighted by atomic mass is 10.2. The molecule has 1 aromatic rings. The van der Waals surface area contributed by atoms with Crippen LogP contribution in [-0.4, -0.2) is 11.6 Å². The number of halogens is 4. The average Bonchev–Trinajstić information content (AvgIpc) is 2.02. The normalized spacial score (nSPS) is 11.5. The molecule has 0 aliphatic carbocycles. The summed E-state index contributed by atoms with van der Waals surface area (Å²) in [5.41, 5.74) is -0.736. The smallest absolute Gasteiger partial charge is 0.416 e. The van der Waals surface area contributed by atoms with Gasteiger partial charge in [0.05, 0.1) is 12.2 Å². The second kappa shape index (κ2) is 4.33. The van der Waals surface area contributed by atoms with E-state index in [4.69, 9.17) is 4.74 Å². The number of hydrogen-bond donors (Lipinski definition) is 0. The summed E-state index contributed by atoms with van der Waals surface area (Å²) in [6.07, 6.45) is -4.35. The van der Waals surface area contributed by atoms with E-state index in [1.54, 1.807) is 29.5 Å². The summed E-state index contributed by atoms with van der Waals surface area (Å²) < 4.78 is 42.1. The molecule has 78 valence electrons. The third-order valence-corrected chi connectivity index (χ3v) is 1.94. The van der Waals surface area contributed by atoms with Crippen LogP contribution < -0.4 is 4.74 Å². The molecule has 0 saturated heterocycles. The number of pyridine rings is 1. The Balaban J connectivity index is 3.07. The van der Waals surface area contributed by atoms with Crippen molar-refractivity contribution in [1.82, 2.24) is 4.98 Å². The first-order chi connectivity index (χ1) is 6.43. The molecule has 6 heteroatoms. The zero-order valence-electron chi connectivity index (χ0n) is 7.23. The first-order valence-corrected chi connectivity index (χ1v) is 4.89. The number of alkyl halides is 3. The monoisotopic (exact) mass is 317 g/mol. The van der Waals surface area contributed by atoms with Crippen molar-refractivity contribution in [3.05, 3.63) is 21.4 Å². The number of nitrogens with zero attached hydrogens (tertiary/aromatic N) is 1. The quantitative estimate of drug-likeness (QED) is 0.618. The topological polar surface area (TPSA) is 22.1 Å². The lowest BCUT2D eigenvalue weighted by Gasteiger charge is -2.09. The molecule has 0 fully saturated rings. The van der Waals surface area contributed by atoms with Gasteiger partial charge in [0.15, 0.2) is 0 Å². The third-order valence-electron chi connectivity index (χ3n) is 1.39. The number of hydrogen-bond acceptors (Lipinski definition) is 2. The first kappa shape index (κ1) is 11.5. The molecule has 1 rings (SSSR count). The summed E-state index contributed by atoms with van der Waals surface area (Å²) in [6.45, 7) is 1.99. The molecule has 0 aliphatic heterocycles. The van der Waals surface area contributed by atoms with Crippen molar-refractivity contribution < 1.29 is 17.9 Å². The van der Waals surface area contributed by atoms with Crippen LogP contribution >= 0.6 is 22.6 Å². The van der Waals surface area contributed by atoms with Crippen molar-refractivity contribution in [2.75, 3.05) is 6.61 Å². The fraction of sp³-hybridized carbons (Fsp3) is 0.375. The van der Waals surface area contributed by atoms with Crippen LogP contribution in [0.15, 0.2) is 12.1 Å². The second-order valence-electron chi connectivity index (χ2n) is 2.45. The van der Waals surface area contributed by atoms with Gasteiger partial charge in [0.2, 0.25) is 5.88 Å². The Hall–Kier alpha value is -0.530. The minimum Gasteiger partial charge on any atom is -0.478 e. The van der Waals surface area contributed by atoms with Gasteiger partial charge in [0.25, 0.3) is 0 Å². The average molecular weight is 317 g/mol. The Morgan fingerprint density at radius 3 is 2.57 bits per heavy atom. The molecule has 14 heavy (non-hydrogen) atoms. The summed E-state index contributed by atoms with van der Waals surface area (Å²) in [5.74, 6) is 0.00623. The number of rotatable bonds is 2. The van der Waals surface area contributed by atoms with Gasteiger partial charge in [-0.25, -0.2) is 4.98 Å². The predicted octanol–water partition coefficient (Wildman–Crippen LogP) is 3.10. The van der Waals surface area contributed by atoms with Crippen molar-refractivity contribution in [2.45, 2.75) is 13.1 Å². The molecule has 0 radical (unpaired) electrons. The van der Waals surface area contributed by atoms with E-state index in [0.717, 1.165) is 12.1 Å². The van der Waals surface area contributed by atoms with Gasteiger partial charge < -0.3 is 4.74 Å². The van der Waals surface area contributed by atoms with E-state index in [2.05, 4.69) is 4.98 Å². The van der Waals surface area contributed by atoms with Crippen molar-refractivity contribution in [3.8, 4) is 5.88 Å². The standard InChI is InChI=1S/C8H7F3INO/c1-2-14-7-4-5(8(9,10)11)3-6(12)13-7/h3-4H,2H2,1H3. The van der Waals surface area contributed by atoms with Crippen LogP contribution in [0.2, 0.25) is 0 Å². The molecule has 0 amide bonds. The molecular weight excluding hydrogens is 310 g/mol. The Bertz CT molecular complexity index is 327. The van der Waals surface area contributed by atoms with Crippen molar-refractivity contribution in [3.63, 3.8) is 0 Å². The van der Waals surface area contributed by atoms with Crippen molar-refractivity contribution in [2.24, 2.45) is 0 Å². The van der Waals surface area contributed by atoms with Gasteiger partial charge in [-0.3, -0.25) is 0 Å². The minimum absolute atomic E-state index is 0.00623. The molecule has 0 bridgehead atoms. The Morgan fingerprint density at radius 2 is 2.07 bits per heavy atom. The van der Waals surface area contributed by atoms with Crippen LogP contribution in [0.25, 0.3) is 0 Å². The number of aromatic nitrogens is 1. The van der Waals surface area contributed by atoms with E-state index >= 15 is 0 Å². The van der Waals surface area contributed by atoms with Crippen LogP contribution in [-0.2, 0) is 6.18 Å². The van der Waals surface area contributed by atoms with Crippen LogP contribution in [0.1, 0.15) is 12.5 Å². The lowest BCUT2D eigenvalue weighted by molar-refractivity contribution is -0.137. The highest BCUT2D eigenvalue weighted by atomic mass is 127. The molecule has 0 spiro atoms. The Morgan fingerprint density at radius 1 is 1.43 bits per heavy atom. The lowest BCUT2D eigenvalue weighted by Crippen LogP contribution is -2.07. The molecule has 0 aromatic carbocycles. The van der Waals surface area contributed by atoms with Crippen LogP contribution in [0.5, 0.6) is 5.88 Å². The van der Waals surface area contributed by atoms with Gasteiger partial charge in [-0.15, -0.1) is 0 Å². The zero-order valence-corrected chi connectivity index (χ0v) is 9.39. The van der Waals surface area contributed by atoms with Crippen molar-refractivity contribution >= 4 is 22.6 Å². The highest BCUT2D eigenvalue weighted by Gasteiger charge is 2.31. The largest absolute Gasteiger partial charge is 0.478 e. The fourth-order valence-corrected chi connectivity index (χ4v) is 1.43. The fourth-order valence-electron chi connectivity index (χ4n) is 0.858. The van der Waals surface area contributed by atoms with E-state index in [9.17, 15) is 13.2 Å². The van der Waals surface area contributed by atoms with E-state index < -0.39 is 11.7 Å². The maximum absolute atomic E-state index is 12.3. The summed E-state index contributed by atoms with van der Waals surface area (Å²) in [4.78, 5) is 3.80. The van der Waals surface area contributed by atoms with Gasteiger partial charge in [-0.2, -0.15) is 13.2 Å². The van der Waals surface area contributed by atoms with Gasteiger partial charge in [-0.05, 0) is 35.6 Å². The molecule has 0 aliphatic rings. The van der Waals surface area contributed by atoms with Gasteiger partial charge in [-0.1, -0.05) is 0 Å². The molecule has 0 N–H and O–H groups in total. The van der Waals surface area contributed by atoms with Crippen LogP contribution in [0.4, 0.5) is 13.2 Å². The van der Waals surface area contributed by atoms with Crippen LogP contribution in [0, 0.1) is 3.70 Å².